The van der Waals surface area contributed by atoms with E-state index in [1.807, 2.05) is 33.8 Å². The van der Waals surface area contributed by atoms with Crippen molar-refractivity contribution < 1.29 is 4.79 Å². The van der Waals surface area contributed by atoms with Crippen LogP contribution in [0.5, 0.6) is 0 Å². The predicted octanol–water partition coefficient (Wildman–Crippen LogP) is 2.74. The Morgan fingerprint density at radius 2 is 2.06 bits per heavy atom. The summed E-state index contributed by atoms with van der Waals surface area (Å²) in [5.74, 6) is 0.326. The van der Waals surface area contributed by atoms with Crippen LogP contribution >= 0.6 is 11.6 Å². The number of nitrogens with zero attached hydrogens (tertiary/aromatic N) is 2. The third-order valence-electron chi connectivity index (χ3n) is 3.42. The maximum atomic E-state index is 12.3. The zero-order valence-corrected chi connectivity index (χ0v) is 12.3. The predicted molar refractivity (Wildman–Crippen MR) is 74.1 cm³/mol. The summed E-state index contributed by atoms with van der Waals surface area (Å²) in [4.78, 5) is 12.3. The first kappa shape index (κ1) is 15.0. The molecule has 1 rings (SSSR count). The summed E-state index contributed by atoms with van der Waals surface area (Å²) in [6.07, 6.45) is 1.63. The first-order valence-corrected chi connectivity index (χ1v) is 6.98. The van der Waals surface area contributed by atoms with Crippen LogP contribution in [0, 0.1) is 6.92 Å². The van der Waals surface area contributed by atoms with Gasteiger partial charge in [-0.3, -0.25) is 9.48 Å². The molecule has 0 aliphatic carbocycles. The number of aryl methyl sites for hydroxylation is 2. The largest absolute Gasteiger partial charge is 0.344 e. The van der Waals surface area contributed by atoms with Gasteiger partial charge in [-0.25, -0.2) is 0 Å². The maximum absolute atomic E-state index is 12.3. The van der Waals surface area contributed by atoms with Gasteiger partial charge in [-0.15, -0.1) is 11.6 Å². The van der Waals surface area contributed by atoms with Crippen molar-refractivity contribution in [2.24, 2.45) is 0 Å². The minimum Gasteiger partial charge on any atom is -0.344 e. The Bertz CT molecular complexity index is 402. The smallest absolute Gasteiger partial charge is 0.270 e. The Morgan fingerprint density at radius 1 is 1.44 bits per heavy atom. The monoisotopic (exact) mass is 271 g/mol. The van der Waals surface area contributed by atoms with Gasteiger partial charge in [-0.05, 0) is 32.8 Å². The molecule has 1 heterocycles. The summed E-state index contributed by atoms with van der Waals surface area (Å²) in [5, 5.41) is 7.33. The summed E-state index contributed by atoms with van der Waals surface area (Å²) < 4.78 is 1.72. The fourth-order valence-corrected chi connectivity index (χ4v) is 2.37. The molecule has 18 heavy (non-hydrogen) atoms. The number of rotatable bonds is 6. The molecule has 0 aromatic carbocycles. The Kier molecular flexibility index (Phi) is 5.20. The molecule has 0 spiro atoms. The fraction of sp³-hybridized carbons (Fsp3) is 0.692. The van der Waals surface area contributed by atoms with Crippen LogP contribution in [0.3, 0.4) is 0 Å². The molecule has 0 radical (unpaired) electrons. The lowest BCUT2D eigenvalue weighted by Crippen LogP contribution is -2.49. The average Bonchev–Trinajstić information content (AvgIpc) is 2.77. The van der Waals surface area contributed by atoms with E-state index in [0.717, 1.165) is 18.5 Å². The summed E-state index contributed by atoms with van der Waals surface area (Å²) in [6.45, 7) is 8.61. The fourth-order valence-electron chi connectivity index (χ4n) is 1.92. The molecule has 0 saturated heterocycles. The topological polar surface area (TPSA) is 46.9 Å². The van der Waals surface area contributed by atoms with Crippen LogP contribution in [-0.2, 0) is 6.54 Å². The van der Waals surface area contributed by atoms with Crippen molar-refractivity contribution in [2.75, 3.05) is 5.88 Å². The van der Waals surface area contributed by atoms with E-state index in [1.165, 1.54) is 0 Å². The molecule has 0 atom stereocenters. The van der Waals surface area contributed by atoms with Crippen molar-refractivity contribution in [3.8, 4) is 0 Å². The lowest BCUT2D eigenvalue weighted by Gasteiger charge is -2.30. The van der Waals surface area contributed by atoms with Gasteiger partial charge in [0.25, 0.3) is 5.91 Å². The minimum atomic E-state index is -0.324. The molecular formula is C13H22ClN3O. The summed E-state index contributed by atoms with van der Waals surface area (Å²) in [7, 11) is 0. The molecule has 1 aromatic rings. The van der Waals surface area contributed by atoms with Crippen LogP contribution in [0.4, 0.5) is 0 Å². The summed E-state index contributed by atoms with van der Waals surface area (Å²) >= 11 is 6.00. The summed E-state index contributed by atoms with van der Waals surface area (Å²) in [5.41, 5.74) is 1.13. The molecule has 1 amide bonds. The molecule has 1 aromatic heterocycles. The van der Waals surface area contributed by atoms with E-state index in [4.69, 9.17) is 11.6 Å². The molecule has 0 aliphatic rings. The number of hydrogen-bond donors (Lipinski definition) is 1. The van der Waals surface area contributed by atoms with E-state index in [0.29, 0.717) is 18.1 Å². The van der Waals surface area contributed by atoms with Gasteiger partial charge < -0.3 is 5.32 Å². The van der Waals surface area contributed by atoms with E-state index in [-0.39, 0.29) is 11.4 Å². The van der Waals surface area contributed by atoms with Crippen molar-refractivity contribution in [3.63, 3.8) is 0 Å². The van der Waals surface area contributed by atoms with Gasteiger partial charge in [0, 0.05) is 12.4 Å². The van der Waals surface area contributed by atoms with E-state index >= 15 is 0 Å². The third-order valence-corrected chi connectivity index (χ3v) is 3.93. The molecule has 0 saturated carbocycles. The second-order valence-corrected chi connectivity index (χ2v) is 4.83. The van der Waals surface area contributed by atoms with Crippen LogP contribution in [0.15, 0.2) is 6.07 Å². The van der Waals surface area contributed by atoms with Gasteiger partial charge in [-0.2, -0.15) is 5.10 Å². The average molecular weight is 272 g/mol. The van der Waals surface area contributed by atoms with E-state index in [1.54, 1.807) is 4.68 Å². The van der Waals surface area contributed by atoms with Gasteiger partial charge in [0.15, 0.2) is 0 Å². The molecule has 0 bridgehead atoms. The van der Waals surface area contributed by atoms with Gasteiger partial charge in [0.1, 0.15) is 5.69 Å². The zero-order chi connectivity index (χ0) is 13.8. The highest BCUT2D eigenvalue weighted by atomic mass is 35.5. The quantitative estimate of drug-likeness (QED) is 0.809. The number of aromatic nitrogens is 2. The molecule has 1 N–H and O–H groups in total. The molecular weight excluding hydrogens is 250 g/mol. The molecule has 102 valence electrons. The first-order valence-electron chi connectivity index (χ1n) is 6.44. The highest BCUT2D eigenvalue weighted by Gasteiger charge is 2.28. The van der Waals surface area contributed by atoms with Crippen LogP contribution in [0.2, 0.25) is 0 Å². The molecule has 0 unspecified atom stereocenters. The van der Waals surface area contributed by atoms with E-state index in [9.17, 15) is 4.79 Å². The second-order valence-electron chi connectivity index (χ2n) is 4.56. The van der Waals surface area contributed by atoms with Crippen molar-refractivity contribution in [2.45, 2.75) is 52.6 Å². The van der Waals surface area contributed by atoms with E-state index in [2.05, 4.69) is 10.4 Å². The van der Waals surface area contributed by atoms with Crippen LogP contribution in [0.1, 0.15) is 49.8 Å². The molecule has 5 heteroatoms. The van der Waals surface area contributed by atoms with Crippen LogP contribution in [-0.4, -0.2) is 27.1 Å². The second kappa shape index (κ2) is 6.23. The number of carbonyl (C=O) groups excluding carboxylic acids is 1. The van der Waals surface area contributed by atoms with Gasteiger partial charge >= 0.3 is 0 Å². The third kappa shape index (κ3) is 3.05. The molecule has 0 aliphatic heterocycles. The van der Waals surface area contributed by atoms with Gasteiger partial charge in [-0.1, -0.05) is 13.8 Å². The molecule has 0 fully saturated rings. The lowest BCUT2D eigenvalue weighted by molar-refractivity contribution is 0.0891. The van der Waals surface area contributed by atoms with Crippen molar-refractivity contribution in [1.82, 2.24) is 15.1 Å². The molecule has 4 nitrogen and oxygen atoms in total. The van der Waals surface area contributed by atoms with Crippen LogP contribution in [0.25, 0.3) is 0 Å². The number of halogens is 1. The van der Waals surface area contributed by atoms with E-state index < -0.39 is 0 Å². The number of amides is 1. The van der Waals surface area contributed by atoms with Gasteiger partial charge in [0.2, 0.25) is 0 Å². The van der Waals surface area contributed by atoms with Crippen molar-refractivity contribution in [1.29, 1.82) is 0 Å². The normalized spacial score (nSPS) is 11.6. The Balaban J connectivity index is 2.93. The number of hydrogen-bond acceptors (Lipinski definition) is 2. The number of carbonyl (C=O) groups is 1. The van der Waals surface area contributed by atoms with Gasteiger partial charge in [0.05, 0.1) is 11.2 Å². The number of nitrogens with one attached hydrogen (secondary N) is 1. The van der Waals surface area contributed by atoms with Crippen LogP contribution < -0.4 is 5.32 Å². The highest BCUT2D eigenvalue weighted by Crippen LogP contribution is 2.18. The van der Waals surface area contributed by atoms with Crippen molar-refractivity contribution >= 4 is 17.5 Å². The SMILES string of the molecule is CCn1nc(C)cc1C(=O)NC(CC)(CC)CCl. The maximum Gasteiger partial charge on any atom is 0.270 e. The standard InChI is InChI=1S/C13H22ClN3O/c1-5-13(6-2,9-14)15-12(18)11-8-10(4)16-17(11)7-3/h8H,5-7,9H2,1-4H3,(H,15,18). The Morgan fingerprint density at radius 3 is 2.50 bits per heavy atom. The highest BCUT2D eigenvalue weighted by molar-refractivity contribution is 6.18. The zero-order valence-electron chi connectivity index (χ0n) is 11.6. The lowest BCUT2D eigenvalue weighted by atomic mass is 9.95. The summed E-state index contributed by atoms with van der Waals surface area (Å²) in [6, 6.07) is 1.81. The Hall–Kier alpha value is -1.03. The minimum absolute atomic E-state index is 0.0956. The first-order chi connectivity index (χ1) is 8.51. The number of alkyl halides is 1. The van der Waals surface area contributed by atoms with Crippen molar-refractivity contribution in [3.05, 3.63) is 17.5 Å². The Labute approximate surface area is 114 Å².